The summed E-state index contributed by atoms with van der Waals surface area (Å²) in [6, 6.07) is 11.0. The van der Waals surface area contributed by atoms with Crippen LogP contribution < -0.4 is 15.2 Å². The van der Waals surface area contributed by atoms with Gasteiger partial charge < -0.3 is 18.8 Å². The lowest BCUT2D eigenvalue weighted by Gasteiger charge is -2.34. The number of ether oxygens (including phenoxy) is 2. The lowest BCUT2D eigenvalue weighted by Crippen LogP contribution is -2.48. The van der Waals surface area contributed by atoms with Crippen LogP contribution >= 0.6 is 11.6 Å². The van der Waals surface area contributed by atoms with E-state index in [0.29, 0.717) is 29.2 Å². The summed E-state index contributed by atoms with van der Waals surface area (Å²) in [4.78, 5) is 29.0. The van der Waals surface area contributed by atoms with Gasteiger partial charge >= 0.3 is 5.76 Å². The van der Waals surface area contributed by atoms with Crippen molar-refractivity contribution in [2.24, 2.45) is 0 Å². The SMILES string of the molecule is O=C(CCn1c(=O)oc2cc(Cl)ccc21)N1CCN(Cc2ccc3c(c2)OCO3)CC1. The summed E-state index contributed by atoms with van der Waals surface area (Å²) >= 11 is 5.95. The number of carbonyl (C=O) groups is 1. The Hall–Kier alpha value is -2.97. The van der Waals surface area contributed by atoms with Crippen molar-refractivity contribution in [1.29, 1.82) is 0 Å². The first-order valence-electron chi connectivity index (χ1n) is 10.2. The van der Waals surface area contributed by atoms with Crippen molar-refractivity contribution in [1.82, 2.24) is 14.4 Å². The highest BCUT2D eigenvalue weighted by Gasteiger charge is 2.22. The minimum Gasteiger partial charge on any atom is -0.454 e. The Morgan fingerprint density at radius 2 is 1.81 bits per heavy atom. The number of aromatic nitrogens is 1. The average Bonchev–Trinajstić information content (AvgIpc) is 3.35. The van der Waals surface area contributed by atoms with Crippen molar-refractivity contribution in [3.05, 3.63) is 57.5 Å². The molecule has 1 amide bonds. The maximum atomic E-state index is 12.7. The quantitative estimate of drug-likeness (QED) is 0.603. The zero-order valence-electron chi connectivity index (χ0n) is 16.9. The Morgan fingerprint density at radius 3 is 2.65 bits per heavy atom. The number of amides is 1. The fourth-order valence-electron chi connectivity index (χ4n) is 4.07. The van der Waals surface area contributed by atoms with E-state index in [0.717, 1.165) is 36.7 Å². The van der Waals surface area contributed by atoms with Crippen molar-refractivity contribution < 1.29 is 18.7 Å². The van der Waals surface area contributed by atoms with Crippen LogP contribution in [0, 0.1) is 0 Å². The molecule has 0 atom stereocenters. The zero-order chi connectivity index (χ0) is 21.4. The summed E-state index contributed by atoms with van der Waals surface area (Å²) in [7, 11) is 0. The minimum absolute atomic E-state index is 0.0398. The van der Waals surface area contributed by atoms with Crippen molar-refractivity contribution in [2.45, 2.75) is 19.5 Å². The van der Waals surface area contributed by atoms with Crippen LogP contribution in [0.25, 0.3) is 11.1 Å². The van der Waals surface area contributed by atoms with Crippen LogP contribution in [-0.2, 0) is 17.9 Å². The summed E-state index contributed by atoms with van der Waals surface area (Å²) < 4.78 is 17.5. The largest absolute Gasteiger partial charge is 0.454 e. The third-order valence-corrected chi connectivity index (χ3v) is 5.98. The Labute approximate surface area is 183 Å². The molecule has 0 radical (unpaired) electrons. The van der Waals surface area contributed by atoms with Crippen molar-refractivity contribution >= 4 is 28.6 Å². The van der Waals surface area contributed by atoms with E-state index in [2.05, 4.69) is 4.90 Å². The maximum absolute atomic E-state index is 12.7. The van der Waals surface area contributed by atoms with Gasteiger partial charge in [0.1, 0.15) is 0 Å². The van der Waals surface area contributed by atoms with Gasteiger partial charge in [0.2, 0.25) is 12.7 Å². The first-order chi connectivity index (χ1) is 15.1. The Balaban J connectivity index is 1.15. The van der Waals surface area contributed by atoms with Crippen molar-refractivity contribution in [2.75, 3.05) is 33.0 Å². The van der Waals surface area contributed by atoms with Gasteiger partial charge in [0.25, 0.3) is 0 Å². The summed E-state index contributed by atoms with van der Waals surface area (Å²) in [6.07, 6.45) is 0.249. The predicted octanol–water partition coefficient (Wildman–Crippen LogP) is 2.71. The molecule has 0 saturated carbocycles. The molecule has 8 nitrogen and oxygen atoms in total. The zero-order valence-corrected chi connectivity index (χ0v) is 17.6. The second-order valence-electron chi connectivity index (χ2n) is 7.73. The van der Waals surface area contributed by atoms with E-state index in [1.807, 2.05) is 23.1 Å². The van der Waals surface area contributed by atoms with Gasteiger partial charge in [0.15, 0.2) is 17.1 Å². The number of oxazole rings is 1. The van der Waals surface area contributed by atoms with E-state index in [1.54, 1.807) is 18.2 Å². The molecule has 1 saturated heterocycles. The van der Waals surface area contributed by atoms with Gasteiger partial charge in [-0.1, -0.05) is 17.7 Å². The van der Waals surface area contributed by atoms with Crippen LogP contribution in [-0.4, -0.2) is 53.2 Å². The van der Waals surface area contributed by atoms with Crippen molar-refractivity contribution in [3.8, 4) is 11.5 Å². The van der Waals surface area contributed by atoms with Gasteiger partial charge in [-0.25, -0.2) is 4.79 Å². The number of benzene rings is 2. The highest BCUT2D eigenvalue weighted by Crippen LogP contribution is 2.32. The van der Waals surface area contributed by atoms with E-state index in [4.69, 9.17) is 25.5 Å². The van der Waals surface area contributed by atoms with Gasteiger partial charge in [-0.05, 0) is 29.8 Å². The van der Waals surface area contributed by atoms with Gasteiger partial charge in [-0.2, -0.15) is 0 Å². The first kappa shape index (κ1) is 20.0. The number of piperazine rings is 1. The third-order valence-electron chi connectivity index (χ3n) is 5.75. The predicted molar refractivity (Wildman–Crippen MR) is 115 cm³/mol. The molecule has 2 aromatic carbocycles. The van der Waals surface area contributed by atoms with E-state index in [9.17, 15) is 9.59 Å². The fourth-order valence-corrected chi connectivity index (χ4v) is 4.23. The van der Waals surface area contributed by atoms with E-state index < -0.39 is 5.76 Å². The van der Waals surface area contributed by atoms with E-state index in [-0.39, 0.29) is 25.7 Å². The van der Waals surface area contributed by atoms with Crippen molar-refractivity contribution in [3.63, 3.8) is 0 Å². The molecule has 0 aliphatic carbocycles. The molecule has 1 aromatic heterocycles. The lowest BCUT2D eigenvalue weighted by atomic mass is 10.1. The highest BCUT2D eigenvalue weighted by molar-refractivity contribution is 6.31. The Kier molecular flexibility index (Phi) is 5.33. The summed E-state index contributed by atoms with van der Waals surface area (Å²) in [6.45, 7) is 4.29. The monoisotopic (exact) mass is 443 g/mol. The number of carbonyl (C=O) groups excluding carboxylic acids is 1. The topological polar surface area (TPSA) is 77.2 Å². The highest BCUT2D eigenvalue weighted by atomic mass is 35.5. The molecule has 0 unspecified atom stereocenters. The Bertz CT molecular complexity index is 1180. The first-order valence-corrected chi connectivity index (χ1v) is 10.6. The maximum Gasteiger partial charge on any atom is 0.419 e. The molecule has 31 heavy (non-hydrogen) atoms. The molecule has 3 aromatic rings. The van der Waals surface area contributed by atoms with E-state index in [1.165, 1.54) is 4.57 Å². The molecule has 2 aliphatic rings. The van der Waals surface area contributed by atoms with Gasteiger partial charge in [0, 0.05) is 56.8 Å². The number of halogens is 1. The van der Waals surface area contributed by atoms with Crippen LogP contribution in [0.2, 0.25) is 5.02 Å². The molecule has 2 aliphatic heterocycles. The van der Waals surface area contributed by atoms with Crippen LogP contribution in [0.3, 0.4) is 0 Å². The summed E-state index contributed by atoms with van der Waals surface area (Å²) in [5.41, 5.74) is 2.24. The van der Waals surface area contributed by atoms with Gasteiger partial charge in [0.05, 0.1) is 5.52 Å². The molecule has 162 valence electrons. The second-order valence-corrected chi connectivity index (χ2v) is 8.16. The van der Waals surface area contributed by atoms with Gasteiger partial charge in [-0.15, -0.1) is 0 Å². The molecule has 0 spiro atoms. The van der Waals surface area contributed by atoms with Crippen LogP contribution in [0.1, 0.15) is 12.0 Å². The molecular formula is C22H22ClN3O5. The minimum atomic E-state index is -0.474. The number of aryl methyl sites for hydroxylation is 1. The average molecular weight is 444 g/mol. The van der Waals surface area contributed by atoms with Gasteiger partial charge in [-0.3, -0.25) is 14.3 Å². The molecule has 9 heteroatoms. The lowest BCUT2D eigenvalue weighted by molar-refractivity contribution is -0.133. The summed E-state index contributed by atoms with van der Waals surface area (Å²) in [5.74, 6) is 1.14. The number of hydrogen-bond acceptors (Lipinski definition) is 6. The molecule has 0 N–H and O–H groups in total. The van der Waals surface area contributed by atoms with Crippen LogP contribution in [0.5, 0.6) is 11.5 Å². The molecule has 0 bridgehead atoms. The molecular weight excluding hydrogens is 422 g/mol. The number of hydrogen-bond donors (Lipinski definition) is 0. The standard InChI is InChI=1S/C22H22ClN3O5/c23-16-2-3-17-19(12-16)31-22(28)26(17)6-5-21(27)25-9-7-24(8-10-25)13-15-1-4-18-20(11-15)30-14-29-18/h1-4,11-12H,5-10,13-14H2. The normalized spacial score (nSPS) is 16.2. The molecule has 3 heterocycles. The Morgan fingerprint density at radius 1 is 1.00 bits per heavy atom. The molecule has 1 fully saturated rings. The summed E-state index contributed by atoms with van der Waals surface area (Å²) in [5, 5.41) is 0.503. The fraction of sp³-hybridized carbons (Fsp3) is 0.364. The second kappa shape index (κ2) is 8.28. The van der Waals surface area contributed by atoms with E-state index >= 15 is 0 Å². The number of fused-ring (bicyclic) bond motifs is 2. The molecule has 5 rings (SSSR count). The number of rotatable bonds is 5. The smallest absolute Gasteiger partial charge is 0.419 e. The third kappa shape index (κ3) is 4.13. The van der Waals surface area contributed by atoms with Crippen LogP contribution in [0.15, 0.2) is 45.6 Å². The van der Waals surface area contributed by atoms with Crippen LogP contribution in [0.4, 0.5) is 0 Å². The number of nitrogens with zero attached hydrogens (tertiary/aromatic N) is 3.